The Morgan fingerprint density at radius 3 is 1.43 bits per heavy atom. The zero-order valence-corrected chi connectivity index (χ0v) is 13.1. The molecular formula is C21H20N2. The van der Waals surface area contributed by atoms with E-state index in [1.54, 1.807) is 0 Å². The summed E-state index contributed by atoms with van der Waals surface area (Å²) in [4.78, 5) is 0. The maximum atomic E-state index is 5.08. The number of hydrogen-bond donors (Lipinski definition) is 0. The molecule has 0 saturated heterocycles. The van der Waals surface area contributed by atoms with E-state index >= 15 is 0 Å². The quantitative estimate of drug-likeness (QED) is 0.752. The molecule has 2 aromatic rings. The first-order chi connectivity index (χ1) is 11.4. The smallest absolute Gasteiger partial charge is 0.113 e. The molecule has 0 unspecified atom stereocenters. The van der Waals surface area contributed by atoms with E-state index in [9.17, 15) is 0 Å². The van der Waals surface area contributed by atoms with Gasteiger partial charge in [-0.2, -0.15) is 10.2 Å². The van der Waals surface area contributed by atoms with Crippen LogP contribution < -0.4 is 0 Å². The lowest BCUT2D eigenvalue weighted by Crippen LogP contribution is -2.61. The maximum Gasteiger partial charge on any atom is 0.113 e. The highest BCUT2D eigenvalue weighted by molar-refractivity contribution is 5.43. The molecule has 0 aromatic heterocycles. The van der Waals surface area contributed by atoms with Crippen LogP contribution in [0.5, 0.6) is 0 Å². The Bertz CT molecular complexity index is 732. The van der Waals surface area contributed by atoms with Gasteiger partial charge in [0.15, 0.2) is 0 Å². The van der Waals surface area contributed by atoms with Gasteiger partial charge in [0, 0.05) is 0 Å². The molecule has 2 heterocycles. The molecule has 0 N–H and O–H groups in total. The molecule has 114 valence electrons. The fraction of sp³-hybridized carbons (Fsp3) is 0.429. The Kier molecular flexibility index (Phi) is 2.12. The molecular weight excluding hydrogens is 280 g/mol. The van der Waals surface area contributed by atoms with Gasteiger partial charge in [0.05, 0.1) is 0 Å². The molecule has 2 aromatic carbocycles. The van der Waals surface area contributed by atoms with Gasteiger partial charge in [0.2, 0.25) is 0 Å². The monoisotopic (exact) mass is 300 g/mol. The summed E-state index contributed by atoms with van der Waals surface area (Å²) in [5.41, 5.74) is 2.80. The van der Waals surface area contributed by atoms with E-state index in [4.69, 9.17) is 10.2 Å². The van der Waals surface area contributed by atoms with E-state index in [0.29, 0.717) is 23.7 Å². The first-order valence-electron chi connectivity index (χ1n) is 8.92. The summed E-state index contributed by atoms with van der Waals surface area (Å²) in [5.74, 6) is 2.77. The van der Waals surface area contributed by atoms with Crippen LogP contribution in [0.25, 0.3) is 0 Å². The van der Waals surface area contributed by atoms with Crippen molar-refractivity contribution in [3.8, 4) is 0 Å². The first-order valence-corrected chi connectivity index (χ1v) is 8.92. The topological polar surface area (TPSA) is 24.7 Å². The molecule has 2 nitrogen and oxygen atoms in total. The van der Waals surface area contributed by atoms with Gasteiger partial charge < -0.3 is 0 Å². The zero-order chi connectivity index (χ0) is 15.1. The minimum Gasteiger partial charge on any atom is -0.181 e. The van der Waals surface area contributed by atoms with E-state index in [1.165, 1.54) is 30.4 Å². The van der Waals surface area contributed by atoms with E-state index in [0.717, 1.165) is 0 Å². The van der Waals surface area contributed by atoms with Crippen molar-refractivity contribution in [1.29, 1.82) is 0 Å². The van der Waals surface area contributed by atoms with Crippen LogP contribution in [0.4, 0.5) is 0 Å². The molecule has 7 rings (SSSR count). The van der Waals surface area contributed by atoms with Crippen molar-refractivity contribution >= 4 is 0 Å². The van der Waals surface area contributed by atoms with Gasteiger partial charge in [0.1, 0.15) is 11.1 Å². The number of benzene rings is 2. The van der Waals surface area contributed by atoms with Crippen LogP contribution in [0, 0.1) is 23.7 Å². The van der Waals surface area contributed by atoms with Gasteiger partial charge in [-0.1, -0.05) is 60.7 Å². The van der Waals surface area contributed by atoms with Crippen LogP contribution in [-0.4, -0.2) is 0 Å². The molecule has 2 aliphatic heterocycles. The molecule has 5 aliphatic rings. The Hall–Kier alpha value is -1.96. The lowest BCUT2D eigenvalue weighted by atomic mass is 9.47. The zero-order valence-electron chi connectivity index (χ0n) is 13.1. The van der Waals surface area contributed by atoms with E-state index < -0.39 is 0 Å². The lowest BCUT2D eigenvalue weighted by molar-refractivity contribution is -0.0811. The molecule has 0 spiro atoms. The molecule has 3 fully saturated rings. The Balaban J connectivity index is 1.58. The fourth-order valence-electron chi connectivity index (χ4n) is 6.12. The predicted octanol–water partition coefficient (Wildman–Crippen LogP) is 4.92. The van der Waals surface area contributed by atoms with Crippen molar-refractivity contribution in [1.82, 2.24) is 0 Å². The third-order valence-corrected chi connectivity index (χ3v) is 7.18. The van der Waals surface area contributed by atoms with Crippen molar-refractivity contribution in [2.24, 2.45) is 33.9 Å². The Morgan fingerprint density at radius 2 is 1.04 bits per heavy atom. The highest BCUT2D eigenvalue weighted by Gasteiger charge is 2.78. The number of hydrogen-bond acceptors (Lipinski definition) is 2. The largest absolute Gasteiger partial charge is 0.181 e. The number of rotatable bonds is 2. The van der Waals surface area contributed by atoms with Gasteiger partial charge in [-0.3, -0.25) is 0 Å². The standard InChI is InChI=1S/C21H20N2/c1-3-7-14(8-4-1)20-16-11-12-17(16)21(23-22-20,19-13-18(19)20)15-9-5-2-6-10-15/h1-10,16-19H,11-13H2/t16-,17+,18-,19-,20+,21-/m0/s1. The van der Waals surface area contributed by atoms with Crippen molar-refractivity contribution in [2.75, 3.05) is 0 Å². The maximum absolute atomic E-state index is 5.08. The van der Waals surface area contributed by atoms with Crippen molar-refractivity contribution in [2.45, 2.75) is 30.3 Å². The van der Waals surface area contributed by atoms with Gasteiger partial charge >= 0.3 is 0 Å². The van der Waals surface area contributed by atoms with Crippen molar-refractivity contribution in [3.05, 3.63) is 71.8 Å². The van der Waals surface area contributed by atoms with E-state index in [2.05, 4.69) is 60.7 Å². The fourth-order valence-corrected chi connectivity index (χ4v) is 6.12. The van der Waals surface area contributed by atoms with Gasteiger partial charge in [-0.05, 0) is 54.1 Å². The summed E-state index contributed by atoms with van der Waals surface area (Å²) in [6, 6.07) is 22.0. The van der Waals surface area contributed by atoms with Crippen LogP contribution >= 0.6 is 0 Å². The van der Waals surface area contributed by atoms with Crippen LogP contribution in [0.1, 0.15) is 30.4 Å². The van der Waals surface area contributed by atoms with E-state index in [-0.39, 0.29) is 11.1 Å². The SMILES string of the molecule is c1ccc([C@@]23N=N[C@@](c4ccccc4)([C@@H]4CC[C@@H]42)[C@H]2C[C@@H]23)cc1. The molecule has 6 atom stereocenters. The molecule has 3 aliphatic carbocycles. The average molecular weight is 300 g/mol. The molecule has 3 saturated carbocycles. The second-order valence-electron chi connectivity index (χ2n) is 7.82. The Morgan fingerprint density at radius 1 is 0.609 bits per heavy atom. The summed E-state index contributed by atoms with van der Waals surface area (Å²) in [6.07, 6.45) is 3.93. The van der Waals surface area contributed by atoms with Crippen molar-refractivity contribution in [3.63, 3.8) is 0 Å². The van der Waals surface area contributed by atoms with Crippen LogP contribution in [-0.2, 0) is 11.1 Å². The van der Waals surface area contributed by atoms with Gasteiger partial charge in [-0.25, -0.2) is 0 Å². The Labute approximate surface area is 136 Å². The third-order valence-electron chi connectivity index (χ3n) is 7.18. The first kappa shape index (κ1) is 12.5. The molecule has 0 radical (unpaired) electrons. The summed E-state index contributed by atoms with van der Waals surface area (Å²) < 4.78 is 0. The molecule has 2 heteroatoms. The van der Waals surface area contributed by atoms with Gasteiger partial charge in [-0.15, -0.1) is 0 Å². The second-order valence-corrected chi connectivity index (χ2v) is 7.82. The molecule has 2 bridgehead atoms. The number of azo groups is 1. The highest BCUT2D eigenvalue weighted by atomic mass is 15.3. The second kappa shape index (κ2) is 3.92. The van der Waals surface area contributed by atoms with Crippen LogP contribution in [0.15, 0.2) is 70.9 Å². The molecule has 0 amide bonds. The normalized spacial score (nSPS) is 45.0. The minimum atomic E-state index is -0.00856. The summed E-state index contributed by atoms with van der Waals surface area (Å²) in [5, 5.41) is 10.2. The summed E-state index contributed by atoms with van der Waals surface area (Å²) in [6.45, 7) is 0. The van der Waals surface area contributed by atoms with E-state index in [1.807, 2.05) is 0 Å². The van der Waals surface area contributed by atoms with Crippen LogP contribution in [0.3, 0.4) is 0 Å². The van der Waals surface area contributed by atoms with Crippen LogP contribution in [0.2, 0.25) is 0 Å². The van der Waals surface area contributed by atoms with Crippen molar-refractivity contribution < 1.29 is 0 Å². The highest BCUT2D eigenvalue weighted by Crippen LogP contribution is 2.78. The average Bonchev–Trinajstić information content (AvgIpc) is 3.39. The number of nitrogens with zero attached hydrogens (tertiary/aromatic N) is 2. The van der Waals surface area contributed by atoms with Gasteiger partial charge in [0.25, 0.3) is 0 Å². The summed E-state index contributed by atoms with van der Waals surface area (Å²) >= 11 is 0. The third kappa shape index (κ3) is 1.26. The minimum absolute atomic E-state index is 0.00856. The lowest BCUT2D eigenvalue weighted by Gasteiger charge is -2.61. The summed E-state index contributed by atoms with van der Waals surface area (Å²) in [7, 11) is 0. The predicted molar refractivity (Wildman–Crippen MR) is 88.9 cm³/mol. The molecule has 23 heavy (non-hydrogen) atoms.